The van der Waals surface area contributed by atoms with Gasteiger partial charge in [0.25, 0.3) is 0 Å². The van der Waals surface area contributed by atoms with Crippen LogP contribution in [0.15, 0.2) is 49.5 Å². The van der Waals surface area contributed by atoms with E-state index >= 15 is 0 Å². The van der Waals surface area contributed by atoms with Gasteiger partial charge in [0.05, 0.1) is 6.26 Å². The van der Waals surface area contributed by atoms with Crippen molar-refractivity contribution in [3.05, 3.63) is 71.2 Å². The van der Waals surface area contributed by atoms with Gasteiger partial charge >= 0.3 is 0 Å². The van der Waals surface area contributed by atoms with Crippen LogP contribution in [-0.4, -0.2) is 9.97 Å². The number of aromatic nitrogens is 2. The van der Waals surface area contributed by atoms with E-state index in [0.29, 0.717) is 5.76 Å². The third-order valence-corrected chi connectivity index (χ3v) is 4.51. The van der Waals surface area contributed by atoms with Crippen LogP contribution in [0.4, 0.5) is 0 Å². The zero-order chi connectivity index (χ0) is 16.5. The van der Waals surface area contributed by atoms with Crippen molar-refractivity contribution in [1.29, 1.82) is 0 Å². The number of aromatic amines is 2. The Morgan fingerprint density at radius 1 is 1.08 bits per heavy atom. The van der Waals surface area contributed by atoms with Crippen LogP contribution < -0.4 is 10.6 Å². The number of fused-ring (bicyclic) bond motifs is 2. The van der Waals surface area contributed by atoms with Crippen LogP contribution in [0.1, 0.15) is 30.9 Å². The maximum absolute atomic E-state index is 5.86. The van der Waals surface area contributed by atoms with E-state index in [4.69, 9.17) is 4.74 Å². The SMILES string of the molecule is C=C(O/C=C(\C)c1c[nH]c2c1=CCCC=2)c1c[nH]c2ccccc12. The van der Waals surface area contributed by atoms with Gasteiger partial charge in [-0.1, -0.05) is 36.9 Å². The van der Waals surface area contributed by atoms with E-state index in [9.17, 15) is 0 Å². The predicted molar refractivity (Wildman–Crippen MR) is 100 cm³/mol. The highest BCUT2D eigenvalue weighted by Gasteiger charge is 2.08. The molecule has 0 atom stereocenters. The van der Waals surface area contributed by atoms with Crippen LogP contribution in [0.3, 0.4) is 0 Å². The summed E-state index contributed by atoms with van der Waals surface area (Å²) in [6, 6.07) is 8.15. The van der Waals surface area contributed by atoms with Crippen LogP contribution >= 0.6 is 0 Å². The molecule has 2 N–H and O–H groups in total. The van der Waals surface area contributed by atoms with Crippen molar-refractivity contribution in [1.82, 2.24) is 9.97 Å². The molecule has 0 fully saturated rings. The van der Waals surface area contributed by atoms with Gasteiger partial charge in [0.2, 0.25) is 0 Å². The summed E-state index contributed by atoms with van der Waals surface area (Å²) in [6.07, 6.45) is 12.5. The standard InChI is InChI=1S/C21H20N2O/c1-14(18-11-22-20-9-5-3-7-16(18)20)13-24-15(2)19-12-23-21-10-6-4-8-17(19)21/h4,6-13,22-23H,2-3,5H2,1H3/b14-13+. The second-order valence-corrected chi connectivity index (χ2v) is 6.11. The molecule has 3 nitrogen and oxygen atoms in total. The maximum atomic E-state index is 5.86. The maximum Gasteiger partial charge on any atom is 0.128 e. The third-order valence-electron chi connectivity index (χ3n) is 4.51. The first-order valence-corrected chi connectivity index (χ1v) is 8.21. The molecule has 3 aromatic rings. The van der Waals surface area contributed by atoms with Crippen molar-refractivity contribution in [2.45, 2.75) is 19.8 Å². The van der Waals surface area contributed by atoms with Crippen LogP contribution in [0.2, 0.25) is 0 Å². The number of benzene rings is 1. The molecule has 24 heavy (non-hydrogen) atoms. The van der Waals surface area contributed by atoms with Gasteiger partial charge in [-0.15, -0.1) is 0 Å². The fraction of sp³-hybridized carbons (Fsp3) is 0.143. The first-order valence-electron chi connectivity index (χ1n) is 8.21. The zero-order valence-electron chi connectivity index (χ0n) is 13.7. The zero-order valence-corrected chi connectivity index (χ0v) is 13.7. The Kier molecular flexibility index (Phi) is 3.62. The lowest BCUT2D eigenvalue weighted by atomic mass is 10.1. The van der Waals surface area contributed by atoms with E-state index in [1.165, 1.54) is 16.1 Å². The highest BCUT2D eigenvalue weighted by molar-refractivity contribution is 5.90. The summed E-state index contributed by atoms with van der Waals surface area (Å²) in [5, 5.41) is 3.60. The summed E-state index contributed by atoms with van der Waals surface area (Å²) in [4.78, 5) is 6.59. The molecule has 1 aromatic carbocycles. The fourth-order valence-corrected chi connectivity index (χ4v) is 3.21. The van der Waals surface area contributed by atoms with Gasteiger partial charge < -0.3 is 14.7 Å². The van der Waals surface area contributed by atoms with Gasteiger partial charge in [-0.25, -0.2) is 0 Å². The van der Waals surface area contributed by atoms with Crippen molar-refractivity contribution in [3.63, 3.8) is 0 Å². The van der Waals surface area contributed by atoms with Crippen molar-refractivity contribution in [3.8, 4) is 0 Å². The van der Waals surface area contributed by atoms with E-state index in [1.54, 1.807) is 6.26 Å². The molecule has 3 heteroatoms. The first-order chi connectivity index (χ1) is 11.7. The Morgan fingerprint density at radius 3 is 2.79 bits per heavy atom. The summed E-state index contributed by atoms with van der Waals surface area (Å²) >= 11 is 0. The highest BCUT2D eigenvalue weighted by atomic mass is 16.5. The molecular formula is C21H20N2O. The largest absolute Gasteiger partial charge is 0.465 e. The summed E-state index contributed by atoms with van der Waals surface area (Å²) in [5.74, 6) is 0.645. The molecular weight excluding hydrogens is 296 g/mol. The molecule has 2 heterocycles. The third kappa shape index (κ3) is 2.48. The lowest BCUT2D eigenvalue weighted by molar-refractivity contribution is 0.440. The number of H-pyrrole nitrogens is 2. The average molecular weight is 316 g/mol. The minimum atomic E-state index is 0.645. The Hall–Kier alpha value is -2.94. The van der Waals surface area contributed by atoms with Crippen LogP contribution in [-0.2, 0) is 4.74 Å². The molecule has 2 aromatic heterocycles. The van der Waals surface area contributed by atoms with E-state index in [2.05, 4.69) is 41.7 Å². The number of rotatable bonds is 4. The van der Waals surface area contributed by atoms with E-state index < -0.39 is 0 Å². The second-order valence-electron chi connectivity index (χ2n) is 6.11. The summed E-state index contributed by atoms with van der Waals surface area (Å²) in [6.45, 7) is 6.14. The molecule has 4 rings (SSSR count). The van der Waals surface area contributed by atoms with Crippen molar-refractivity contribution >= 4 is 34.4 Å². The average Bonchev–Trinajstić information content (AvgIpc) is 3.23. The number of allylic oxidation sites excluding steroid dienone is 1. The topological polar surface area (TPSA) is 40.8 Å². The van der Waals surface area contributed by atoms with E-state index in [-0.39, 0.29) is 0 Å². The normalized spacial score (nSPS) is 14.0. The number of hydrogen-bond donors (Lipinski definition) is 2. The van der Waals surface area contributed by atoms with Crippen LogP contribution in [0, 0.1) is 0 Å². The lowest BCUT2D eigenvalue weighted by Crippen LogP contribution is -2.26. The summed E-state index contributed by atoms with van der Waals surface area (Å²) in [7, 11) is 0. The molecule has 0 saturated heterocycles. The molecule has 0 spiro atoms. The minimum Gasteiger partial charge on any atom is -0.465 e. The smallest absolute Gasteiger partial charge is 0.128 e. The highest BCUT2D eigenvalue weighted by Crippen LogP contribution is 2.25. The van der Waals surface area contributed by atoms with Gasteiger partial charge in [-0.05, 0) is 31.4 Å². The van der Waals surface area contributed by atoms with E-state index in [1.807, 2.05) is 30.6 Å². The van der Waals surface area contributed by atoms with Gasteiger partial charge in [-0.2, -0.15) is 0 Å². The van der Waals surface area contributed by atoms with Crippen molar-refractivity contribution in [2.24, 2.45) is 0 Å². The Morgan fingerprint density at radius 2 is 1.88 bits per heavy atom. The molecule has 0 unspecified atom stereocenters. The van der Waals surface area contributed by atoms with Crippen molar-refractivity contribution < 1.29 is 4.74 Å². The summed E-state index contributed by atoms with van der Waals surface area (Å²) in [5.41, 5.74) is 4.35. The lowest BCUT2D eigenvalue weighted by Gasteiger charge is -2.06. The predicted octanol–water partition coefficient (Wildman–Crippen LogP) is 3.90. The number of para-hydroxylation sites is 1. The van der Waals surface area contributed by atoms with Crippen LogP contribution in [0.25, 0.3) is 34.4 Å². The molecule has 1 aliphatic rings. The Bertz CT molecular complexity index is 1060. The van der Waals surface area contributed by atoms with Gasteiger partial charge in [0, 0.05) is 45.0 Å². The number of ether oxygens (including phenoxy) is 1. The molecule has 0 aliphatic heterocycles. The molecule has 0 bridgehead atoms. The number of nitrogens with one attached hydrogen (secondary N) is 2. The Balaban J connectivity index is 1.61. The summed E-state index contributed by atoms with van der Waals surface area (Å²) < 4.78 is 5.86. The number of hydrogen-bond acceptors (Lipinski definition) is 1. The fourth-order valence-electron chi connectivity index (χ4n) is 3.21. The first kappa shape index (κ1) is 14.6. The monoisotopic (exact) mass is 316 g/mol. The molecule has 0 saturated carbocycles. The molecule has 1 aliphatic carbocycles. The van der Waals surface area contributed by atoms with Gasteiger partial charge in [0.1, 0.15) is 5.76 Å². The van der Waals surface area contributed by atoms with Crippen molar-refractivity contribution in [2.75, 3.05) is 0 Å². The van der Waals surface area contributed by atoms with Gasteiger partial charge in [-0.3, -0.25) is 0 Å². The quantitative estimate of drug-likeness (QED) is 0.704. The van der Waals surface area contributed by atoms with E-state index in [0.717, 1.165) is 34.9 Å². The molecule has 120 valence electrons. The minimum absolute atomic E-state index is 0.645. The molecule has 0 amide bonds. The van der Waals surface area contributed by atoms with Crippen LogP contribution in [0.5, 0.6) is 0 Å². The molecule has 0 radical (unpaired) electrons. The van der Waals surface area contributed by atoms with Gasteiger partial charge in [0.15, 0.2) is 0 Å². The second kappa shape index (κ2) is 5.93. The Labute approximate surface area is 140 Å².